The van der Waals surface area contributed by atoms with Crippen LogP contribution >= 0.6 is 0 Å². The average Bonchev–Trinajstić information content (AvgIpc) is 2.38. The third kappa shape index (κ3) is 3.37. The molecule has 0 bridgehead atoms. The lowest BCUT2D eigenvalue weighted by Crippen LogP contribution is -2.39. The summed E-state index contributed by atoms with van der Waals surface area (Å²) in [4.78, 5) is 11.2. The molecule has 1 aliphatic rings. The summed E-state index contributed by atoms with van der Waals surface area (Å²) in [7, 11) is -3.42. The van der Waals surface area contributed by atoms with Crippen molar-refractivity contribution in [2.75, 3.05) is 18.4 Å². The molecule has 20 heavy (non-hydrogen) atoms. The first-order chi connectivity index (χ1) is 9.39. The van der Waals surface area contributed by atoms with Crippen molar-refractivity contribution in [3.63, 3.8) is 0 Å². The van der Waals surface area contributed by atoms with Gasteiger partial charge in [0.2, 0.25) is 15.9 Å². The number of hydrogen-bond donors (Lipinski definition) is 1. The molecule has 2 rings (SSSR count). The van der Waals surface area contributed by atoms with E-state index in [0.717, 1.165) is 12.8 Å². The molecule has 1 N–H and O–H groups in total. The van der Waals surface area contributed by atoms with Crippen molar-refractivity contribution >= 4 is 21.6 Å². The Morgan fingerprint density at radius 2 is 1.95 bits per heavy atom. The van der Waals surface area contributed by atoms with E-state index in [1.54, 1.807) is 28.6 Å². The minimum absolute atomic E-state index is 0.175. The van der Waals surface area contributed by atoms with Crippen LogP contribution in [0.25, 0.3) is 0 Å². The molecule has 1 aliphatic heterocycles. The van der Waals surface area contributed by atoms with Gasteiger partial charge in [-0.25, -0.2) is 8.42 Å². The molecule has 1 amide bonds. The third-order valence-corrected chi connectivity index (χ3v) is 5.31. The van der Waals surface area contributed by atoms with E-state index >= 15 is 0 Å². The zero-order valence-corrected chi connectivity index (χ0v) is 12.6. The minimum atomic E-state index is -3.42. The van der Waals surface area contributed by atoms with Crippen LogP contribution in [0.15, 0.2) is 29.2 Å². The lowest BCUT2D eigenvalue weighted by atomic mass is 10.0. The molecule has 110 valence electrons. The zero-order valence-electron chi connectivity index (χ0n) is 11.8. The van der Waals surface area contributed by atoms with Gasteiger partial charge in [-0.15, -0.1) is 0 Å². The second-order valence-electron chi connectivity index (χ2n) is 5.32. The van der Waals surface area contributed by atoms with Gasteiger partial charge in [-0.05, 0) is 43.0 Å². The number of hydrogen-bond acceptors (Lipinski definition) is 3. The Morgan fingerprint density at radius 1 is 1.30 bits per heavy atom. The Hall–Kier alpha value is -1.40. The second-order valence-corrected chi connectivity index (χ2v) is 7.25. The van der Waals surface area contributed by atoms with E-state index in [2.05, 4.69) is 12.2 Å². The van der Waals surface area contributed by atoms with E-state index in [4.69, 9.17) is 0 Å². The largest absolute Gasteiger partial charge is 0.326 e. The maximum Gasteiger partial charge on any atom is 0.243 e. The van der Waals surface area contributed by atoms with E-state index in [0.29, 0.717) is 24.7 Å². The molecule has 1 fully saturated rings. The first-order valence-electron chi connectivity index (χ1n) is 6.77. The number of carbonyl (C=O) groups is 1. The molecule has 1 saturated heterocycles. The fourth-order valence-corrected chi connectivity index (χ4v) is 4.03. The summed E-state index contributed by atoms with van der Waals surface area (Å²) in [5.74, 6) is 0.225. The molecule has 0 spiro atoms. The summed E-state index contributed by atoms with van der Waals surface area (Å²) in [6, 6.07) is 6.31. The lowest BCUT2D eigenvalue weighted by molar-refractivity contribution is -0.114. The van der Waals surface area contributed by atoms with Crippen molar-refractivity contribution in [3.05, 3.63) is 24.3 Å². The number of rotatable bonds is 3. The molecule has 5 nitrogen and oxygen atoms in total. The number of piperidine rings is 1. The van der Waals surface area contributed by atoms with Crippen molar-refractivity contribution in [3.8, 4) is 0 Å². The Labute approximate surface area is 120 Å². The number of sulfonamides is 1. The summed E-state index contributed by atoms with van der Waals surface area (Å²) in [6.07, 6.45) is 1.98. The molecule has 1 heterocycles. The fourth-order valence-electron chi connectivity index (χ4n) is 2.43. The number of benzene rings is 1. The monoisotopic (exact) mass is 296 g/mol. The molecule has 0 unspecified atom stereocenters. The van der Waals surface area contributed by atoms with Gasteiger partial charge in [0.05, 0.1) is 4.90 Å². The van der Waals surface area contributed by atoms with Gasteiger partial charge in [0.15, 0.2) is 0 Å². The van der Waals surface area contributed by atoms with E-state index in [-0.39, 0.29) is 10.8 Å². The van der Waals surface area contributed by atoms with Crippen LogP contribution in [0.2, 0.25) is 0 Å². The van der Waals surface area contributed by atoms with E-state index in [9.17, 15) is 13.2 Å². The van der Waals surface area contributed by atoms with Crippen LogP contribution in [0.3, 0.4) is 0 Å². The van der Waals surface area contributed by atoms with E-state index < -0.39 is 10.0 Å². The fraction of sp³-hybridized carbons (Fsp3) is 0.500. The Bertz CT molecular complexity index is 581. The zero-order chi connectivity index (χ0) is 14.8. The number of nitrogens with one attached hydrogen (secondary N) is 1. The maximum absolute atomic E-state index is 12.5. The number of carbonyl (C=O) groups excluding carboxylic acids is 1. The second kappa shape index (κ2) is 5.93. The molecule has 0 saturated carbocycles. The van der Waals surface area contributed by atoms with Crippen LogP contribution in [-0.2, 0) is 14.8 Å². The van der Waals surface area contributed by atoms with Gasteiger partial charge in [0.1, 0.15) is 0 Å². The molecule has 1 aromatic rings. The molecular formula is C14H20N2O3S. The van der Waals surface area contributed by atoms with Crippen LogP contribution in [0.5, 0.6) is 0 Å². The van der Waals surface area contributed by atoms with Gasteiger partial charge in [0.25, 0.3) is 0 Å². The summed E-state index contributed by atoms with van der Waals surface area (Å²) in [6.45, 7) is 4.65. The van der Waals surface area contributed by atoms with Crippen LogP contribution in [0.4, 0.5) is 5.69 Å². The summed E-state index contributed by atoms with van der Waals surface area (Å²) < 4.78 is 26.6. The molecular weight excluding hydrogens is 276 g/mol. The van der Waals surface area contributed by atoms with Gasteiger partial charge >= 0.3 is 0 Å². The van der Waals surface area contributed by atoms with Gasteiger partial charge in [-0.3, -0.25) is 4.79 Å². The molecule has 0 aromatic heterocycles. The highest BCUT2D eigenvalue weighted by Gasteiger charge is 2.28. The Balaban J connectivity index is 2.19. The van der Waals surface area contributed by atoms with Crippen LogP contribution in [0, 0.1) is 5.92 Å². The van der Waals surface area contributed by atoms with Crippen LogP contribution < -0.4 is 5.32 Å². The van der Waals surface area contributed by atoms with Crippen LogP contribution in [-0.4, -0.2) is 31.7 Å². The summed E-state index contributed by atoms with van der Waals surface area (Å²) in [5.41, 5.74) is 0.600. The highest BCUT2D eigenvalue weighted by atomic mass is 32.2. The smallest absolute Gasteiger partial charge is 0.243 e. The number of anilines is 1. The molecule has 1 atom stereocenters. The molecule has 6 heteroatoms. The van der Waals surface area contributed by atoms with Crippen molar-refractivity contribution in [1.82, 2.24) is 4.31 Å². The predicted molar refractivity (Wildman–Crippen MR) is 77.9 cm³/mol. The summed E-state index contributed by atoms with van der Waals surface area (Å²) in [5, 5.41) is 2.62. The lowest BCUT2D eigenvalue weighted by Gasteiger charge is -2.30. The molecule has 0 radical (unpaired) electrons. The van der Waals surface area contributed by atoms with E-state index in [1.807, 2.05) is 0 Å². The summed E-state index contributed by atoms with van der Waals surface area (Å²) >= 11 is 0. The van der Waals surface area contributed by atoms with Gasteiger partial charge in [0, 0.05) is 25.7 Å². The third-order valence-electron chi connectivity index (χ3n) is 3.43. The van der Waals surface area contributed by atoms with Gasteiger partial charge in [-0.1, -0.05) is 6.92 Å². The number of nitrogens with zero attached hydrogens (tertiary/aromatic N) is 1. The van der Waals surface area contributed by atoms with Crippen molar-refractivity contribution in [1.29, 1.82) is 0 Å². The first kappa shape index (κ1) is 15.0. The van der Waals surface area contributed by atoms with Crippen LogP contribution in [0.1, 0.15) is 26.7 Å². The standard InChI is InChI=1S/C14H20N2O3S/c1-11-4-3-9-16(10-11)20(18,19)14-7-5-13(6-8-14)15-12(2)17/h5-8,11H,3-4,9-10H2,1-2H3,(H,15,17)/t11-/m1/s1. The highest BCUT2D eigenvalue weighted by molar-refractivity contribution is 7.89. The Morgan fingerprint density at radius 3 is 2.50 bits per heavy atom. The molecule has 0 aliphatic carbocycles. The minimum Gasteiger partial charge on any atom is -0.326 e. The highest BCUT2D eigenvalue weighted by Crippen LogP contribution is 2.24. The molecule has 1 aromatic carbocycles. The SMILES string of the molecule is CC(=O)Nc1ccc(S(=O)(=O)N2CCC[C@@H](C)C2)cc1. The van der Waals surface area contributed by atoms with E-state index in [1.165, 1.54) is 6.92 Å². The topological polar surface area (TPSA) is 66.5 Å². The quantitative estimate of drug-likeness (QED) is 0.928. The number of amides is 1. The van der Waals surface area contributed by atoms with Crippen molar-refractivity contribution in [2.24, 2.45) is 5.92 Å². The average molecular weight is 296 g/mol. The van der Waals surface area contributed by atoms with Crippen molar-refractivity contribution < 1.29 is 13.2 Å². The van der Waals surface area contributed by atoms with Crippen molar-refractivity contribution in [2.45, 2.75) is 31.6 Å². The normalized spacial score (nSPS) is 20.6. The van der Waals surface area contributed by atoms with Gasteiger partial charge < -0.3 is 5.32 Å². The predicted octanol–water partition coefficient (Wildman–Crippen LogP) is 2.07. The maximum atomic E-state index is 12.5. The first-order valence-corrected chi connectivity index (χ1v) is 8.21. The Kier molecular flexibility index (Phi) is 4.45. The van der Waals surface area contributed by atoms with Gasteiger partial charge in [-0.2, -0.15) is 4.31 Å².